The van der Waals surface area contributed by atoms with Crippen molar-refractivity contribution in [2.24, 2.45) is 16.8 Å². The Kier molecular flexibility index (Phi) is 8.58. The number of hydrogen-bond donors (Lipinski definition) is 1. The molecule has 1 N–H and O–H groups in total. The lowest BCUT2D eigenvalue weighted by atomic mass is 10.1. The summed E-state index contributed by atoms with van der Waals surface area (Å²) < 4.78 is 11.4. The summed E-state index contributed by atoms with van der Waals surface area (Å²) in [5, 5.41) is 3.58. The van der Waals surface area contributed by atoms with Crippen molar-refractivity contribution in [1.82, 2.24) is 15.1 Å². The van der Waals surface area contributed by atoms with Crippen molar-refractivity contribution in [3.05, 3.63) is 35.9 Å². The van der Waals surface area contributed by atoms with Gasteiger partial charge in [0.05, 0.1) is 26.4 Å². The minimum absolute atomic E-state index is 0.577. The predicted octanol–water partition coefficient (Wildman–Crippen LogP) is 2.07. The molecule has 6 heteroatoms. The van der Waals surface area contributed by atoms with Gasteiger partial charge in [0.15, 0.2) is 5.96 Å². The van der Waals surface area contributed by atoms with Gasteiger partial charge in [0.2, 0.25) is 0 Å². The summed E-state index contributed by atoms with van der Waals surface area (Å²) in [7, 11) is 1.88. The Hall–Kier alpha value is -1.63. The smallest absolute Gasteiger partial charge is 0.193 e. The van der Waals surface area contributed by atoms with Gasteiger partial charge in [-0.3, -0.25) is 9.89 Å². The molecule has 6 nitrogen and oxygen atoms in total. The van der Waals surface area contributed by atoms with Gasteiger partial charge in [0.25, 0.3) is 0 Å². The molecule has 2 aliphatic heterocycles. The highest BCUT2D eigenvalue weighted by Gasteiger charge is 2.25. The lowest BCUT2D eigenvalue weighted by Crippen LogP contribution is -2.45. The zero-order valence-corrected chi connectivity index (χ0v) is 17.5. The Morgan fingerprint density at radius 1 is 1.25 bits per heavy atom. The highest BCUT2D eigenvalue weighted by Crippen LogP contribution is 2.17. The highest BCUT2D eigenvalue weighted by atomic mass is 16.5. The molecule has 1 aromatic rings. The molecular weight excluding hydrogens is 352 g/mol. The van der Waals surface area contributed by atoms with E-state index < -0.39 is 0 Å². The Morgan fingerprint density at radius 2 is 2.04 bits per heavy atom. The second kappa shape index (κ2) is 11.4. The molecule has 3 rings (SSSR count). The third-order valence-electron chi connectivity index (χ3n) is 5.54. The van der Waals surface area contributed by atoms with Gasteiger partial charge in [0, 0.05) is 52.2 Å². The van der Waals surface area contributed by atoms with Gasteiger partial charge < -0.3 is 19.7 Å². The zero-order chi connectivity index (χ0) is 19.6. The standard InChI is InChI=1S/C22H36N4O2/c1-19(15-25-10-12-27-13-11-25)14-24-22(23-2)26-9-8-21(16-26)18-28-17-20-6-4-3-5-7-20/h3-7,19,21H,8-18H2,1-2H3,(H,23,24). The molecule has 0 aliphatic carbocycles. The lowest BCUT2D eigenvalue weighted by molar-refractivity contribution is 0.0320. The maximum atomic E-state index is 5.95. The number of ether oxygens (including phenoxy) is 2. The van der Waals surface area contributed by atoms with E-state index in [1.807, 2.05) is 13.1 Å². The van der Waals surface area contributed by atoms with Crippen LogP contribution in [0.15, 0.2) is 35.3 Å². The first kappa shape index (κ1) is 21.1. The second-order valence-corrected chi connectivity index (χ2v) is 8.05. The minimum Gasteiger partial charge on any atom is -0.379 e. The van der Waals surface area contributed by atoms with E-state index in [-0.39, 0.29) is 0 Å². The number of guanidine groups is 1. The summed E-state index contributed by atoms with van der Waals surface area (Å²) in [6.45, 7) is 11.8. The average molecular weight is 389 g/mol. The van der Waals surface area contributed by atoms with E-state index in [0.29, 0.717) is 18.4 Å². The predicted molar refractivity (Wildman–Crippen MR) is 114 cm³/mol. The molecule has 0 amide bonds. The summed E-state index contributed by atoms with van der Waals surface area (Å²) in [4.78, 5) is 9.38. The molecule has 2 saturated heterocycles. The molecule has 0 bridgehead atoms. The van der Waals surface area contributed by atoms with Gasteiger partial charge in [-0.25, -0.2) is 0 Å². The number of benzene rings is 1. The second-order valence-electron chi connectivity index (χ2n) is 8.05. The number of nitrogens with one attached hydrogen (secondary N) is 1. The molecule has 2 heterocycles. The van der Waals surface area contributed by atoms with Crippen LogP contribution in [0, 0.1) is 11.8 Å². The quantitative estimate of drug-likeness (QED) is 0.546. The summed E-state index contributed by atoms with van der Waals surface area (Å²) in [5.41, 5.74) is 1.24. The van der Waals surface area contributed by atoms with E-state index in [2.05, 4.69) is 51.3 Å². The molecule has 156 valence electrons. The normalized spacial score (nSPS) is 22.4. The molecule has 0 aromatic heterocycles. The topological polar surface area (TPSA) is 49.3 Å². The first-order chi connectivity index (χ1) is 13.7. The summed E-state index contributed by atoms with van der Waals surface area (Å²) in [6.07, 6.45) is 1.17. The molecular formula is C22H36N4O2. The van der Waals surface area contributed by atoms with Crippen LogP contribution in [0.4, 0.5) is 0 Å². The first-order valence-electron chi connectivity index (χ1n) is 10.6. The largest absolute Gasteiger partial charge is 0.379 e. The average Bonchev–Trinajstić information content (AvgIpc) is 3.19. The first-order valence-corrected chi connectivity index (χ1v) is 10.6. The van der Waals surface area contributed by atoms with Crippen LogP contribution in [-0.4, -0.2) is 81.9 Å². The van der Waals surface area contributed by atoms with Gasteiger partial charge in [-0.05, 0) is 17.9 Å². The lowest BCUT2D eigenvalue weighted by Gasteiger charge is -2.30. The number of hydrogen-bond acceptors (Lipinski definition) is 4. The fourth-order valence-corrected chi connectivity index (χ4v) is 3.97. The monoisotopic (exact) mass is 388 g/mol. The number of likely N-dealkylation sites (tertiary alicyclic amines) is 1. The third-order valence-corrected chi connectivity index (χ3v) is 5.54. The zero-order valence-electron chi connectivity index (χ0n) is 17.5. The van der Waals surface area contributed by atoms with Crippen LogP contribution in [0.5, 0.6) is 0 Å². The van der Waals surface area contributed by atoms with Crippen molar-refractivity contribution in [2.45, 2.75) is 20.0 Å². The Labute approximate surface area is 169 Å². The maximum Gasteiger partial charge on any atom is 0.193 e. The van der Waals surface area contributed by atoms with Crippen molar-refractivity contribution in [3.8, 4) is 0 Å². The number of morpholine rings is 1. The van der Waals surface area contributed by atoms with Crippen LogP contribution < -0.4 is 5.32 Å². The van der Waals surface area contributed by atoms with Crippen LogP contribution in [0.2, 0.25) is 0 Å². The van der Waals surface area contributed by atoms with E-state index in [1.54, 1.807) is 0 Å². The molecule has 2 aliphatic rings. The van der Waals surface area contributed by atoms with E-state index >= 15 is 0 Å². The summed E-state index contributed by atoms with van der Waals surface area (Å²) in [5.74, 6) is 2.19. The van der Waals surface area contributed by atoms with E-state index in [9.17, 15) is 0 Å². The fraction of sp³-hybridized carbons (Fsp3) is 0.682. The van der Waals surface area contributed by atoms with E-state index in [4.69, 9.17) is 9.47 Å². The van der Waals surface area contributed by atoms with E-state index in [0.717, 1.165) is 65.0 Å². The van der Waals surface area contributed by atoms with Gasteiger partial charge in [-0.15, -0.1) is 0 Å². The van der Waals surface area contributed by atoms with Crippen LogP contribution in [0.25, 0.3) is 0 Å². The number of rotatable bonds is 8. The van der Waals surface area contributed by atoms with Crippen LogP contribution in [0.3, 0.4) is 0 Å². The Balaban J connectivity index is 1.34. The van der Waals surface area contributed by atoms with Gasteiger partial charge in [-0.1, -0.05) is 37.3 Å². The van der Waals surface area contributed by atoms with Crippen molar-refractivity contribution in [2.75, 3.05) is 66.1 Å². The summed E-state index contributed by atoms with van der Waals surface area (Å²) >= 11 is 0. The molecule has 2 unspecified atom stereocenters. The Morgan fingerprint density at radius 3 is 2.79 bits per heavy atom. The highest BCUT2D eigenvalue weighted by molar-refractivity contribution is 5.80. The molecule has 0 radical (unpaired) electrons. The third kappa shape index (κ3) is 6.76. The van der Waals surface area contributed by atoms with Crippen LogP contribution >= 0.6 is 0 Å². The van der Waals surface area contributed by atoms with E-state index in [1.165, 1.54) is 12.0 Å². The van der Waals surface area contributed by atoms with Crippen molar-refractivity contribution in [1.29, 1.82) is 0 Å². The van der Waals surface area contributed by atoms with Crippen LogP contribution in [0.1, 0.15) is 18.9 Å². The molecule has 28 heavy (non-hydrogen) atoms. The van der Waals surface area contributed by atoms with Gasteiger partial charge in [0.1, 0.15) is 0 Å². The fourth-order valence-electron chi connectivity index (χ4n) is 3.97. The number of aliphatic imine (C=N–C) groups is 1. The molecule has 2 atom stereocenters. The molecule has 0 spiro atoms. The SMILES string of the molecule is CN=C(NCC(C)CN1CCOCC1)N1CCC(COCc2ccccc2)C1. The summed E-state index contributed by atoms with van der Waals surface area (Å²) in [6, 6.07) is 10.4. The van der Waals surface area contributed by atoms with Crippen molar-refractivity contribution < 1.29 is 9.47 Å². The molecule has 1 aromatic carbocycles. The Bertz CT molecular complexity index is 589. The van der Waals surface area contributed by atoms with Crippen LogP contribution in [-0.2, 0) is 16.1 Å². The van der Waals surface area contributed by atoms with Crippen molar-refractivity contribution >= 4 is 5.96 Å². The van der Waals surface area contributed by atoms with Gasteiger partial charge >= 0.3 is 0 Å². The number of nitrogens with zero attached hydrogens (tertiary/aromatic N) is 3. The minimum atomic E-state index is 0.577. The maximum absolute atomic E-state index is 5.95. The molecule has 0 saturated carbocycles. The van der Waals surface area contributed by atoms with Gasteiger partial charge in [-0.2, -0.15) is 0 Å². The van der Waals surface area contributed by atoms with Crippen molar-refractivity contribution in [3.63, 3.8) is 0 Å². The molecule has 2 fully saturated rings.